The molecule has 3 rings (SSSR count). The number of carbonyl (C=O) groups excluding carboxylic acids is 1. The van der Waals surface area contributed by atoms with Crippen molar-refractivity contribution in [1.82, 2.24) is 14.7 Å². The van der Waals surface area contributed by atoms with E-state index in [1.54, 1.807) is 4.68 Å². The van der Waals surface area contributed by atoms with Gasteiger partial charge in [-0.25, -0.2) is 4.68 Å². The van der Waals surface area contributed by atoms with E-state index in [0.29, 0.717) is 22.8 Å². The van der Waals surface area contributed by atoms with Crippen LogP contribution in [0.25, 0.3) is 5.69 Å². The smallest absolute Gasteiger partial charge is 0.233 e. The molecule has 1 aliphatic heterocycles. The number of morpholine rings is 1. The van der Waals surface area contributed by atoms with Gasteiger partial charge in [-0.1, -0.05) is 41.3 Å². The Balaban J connectivity index is 1.63. The van der Waals surface area contributed by atoms with Gasteiger partial charge in [0.15, 0.2) is 8.29 Å². The second kappa shape index (κ2) is 7.77. The van der Waals surface area contributed by atoms with Gasteiger partial charge < -0.3 is 9.64 Å². The zero-order valence-electron chi connectivity index (χ0n) is 13.5. The van der Waals surface area contributed by atoms with E-state index in [2.05, 4.69) is 5.10 Å². The third-order valence-corrected chi connectivity index (χ3v) is 5.97. The summed E-state index contributed by atoms with van der Waals surface area (Å²) in [4.78, 5) is 14.3. The topological polar surface area (TPSA) is 47.4 Å². The normalized spacial score (nSPS) is 21.0. The Kier molecular flexibility index (Phi) is 5.70. The monoisotopic (exact) mass is 381 g/mol. The fraction of sp³-hybridized carbons (Fsp3) is 0.438. The van der Waals surface area contributed by atoms with Crippen LogP contribution in [0, 0.1) is 3.95 Å². The Morgan fingerprint density at radius 1 is 1.33 bits per heavy atom. The average molecular weight is 382 g/mol. The third-order valence-electron chi connectivity index (χ3n) is 3.62. The molecule has 2 heterocycles. The first-order valence-corrected chi connectivity index (χ1v) is 9.95. The minimum Gasteiger partial charge on any atom is -0.372 e. The molecular weight excluding hydrogens is 362 g/mol. The number of amides is 1. The molecule has 1 saturated heterocycles. The molecule has 0 spiro atoms. The molecule has 1 aromatic heterocycles. The van der Waals surface area contributed by atoms with E-state index in [4.69, 9.17) is 17.0 Å². The molecule has 1 aliphatic rings. The molecule has 0 bridgehead atoms. The molecule has 0 saturated carbocycles. The van der Waals surface area contributed by atoms with Crippen molar-refractivity contribution in [2.24, 2.45) is 0 Å². The third kappa shape index (κ3) is 4.24. The number of nitrogens with zero attached hydrogens (tertiary/aromatic N) is 3. The number of rotatable bonds is 4. The molecule has 24 heavy (non-hydrogen) atoms. The molecule has 128 valence electrons. The maximum Gasteiger partial charge on any atom is 0.233 e. The van der Waals surface area contributed by atoms with Crippen LogP contribution in [-0.4, -0.2) is 51.6 Å². The number of thioether (sulfide) groups is 1. The Bertz CT molecular complexity index is 749. The largest absolute Gasteiger partial charge is 0.372 e. The van der Waals surface area contributed by atoms with Crippen LogP contribution in [-0.2, 0) is 9.53 Å². The van der Waals surface area contributed by atoms with Gasteiger partial charge in [0.2, 0.25) is 5.91 Å². The number of hydrogen-bond acceptors (Lipinski definition) is 6. The predicted octanol–water partition coefficient (Wildman–Crippen LogP) is 3.39. The predicted molar refractivity (Wildman–Crippen MR) is 99.6 cm³/mol. The van der Waals surface area contributed by atoms with Crippen molar-refractivity contribution >= 4 is 41.2 Å². The first-order chi connectivity index (χ1) is 11.5. The SMILES string of the molecule is CC1CN(C(=O)CSc2nn(-c3ccccc3)c(=S)s2)CC(C)O1. The molecule has 0 N–H and O–H groups in total. The van der Waals surface area contributed by atoms with Crippen molar-refractivity contribution in [2.45, 2.75) is 30.4 Å². The zero-order valence-corrected chi connectivity index (χ0v) is 16.0. The Hall–Kier alpha value is -1.22. The van der Waals surface area contributed by atoms with E-state index in [-0.39, 0.29) is 18.1 Å². The van der Waals surface area contributed by atoms with Crippen LogP contribution < -0.4 is 0 Å². The van der Waals surface area contributed by atoms with Crippen LogP contribution in [0.3, 0.4) is 0 Å². The zero-order chi connectivity index (χ0) is 17.1. The second-order valence-electron chi connectivity index (χ2n) is 5.73. The molecule has 1 amide bonds. The summed E-state index contributed by atoms with van der Waals surface area (Å²) in [6, 6.07) is 9.79. The lowest BCUT2D eigenvalue weighted by atomic mass is 10.2. The molecule has 2 unspecified atom stereocenters. The minimum atomic E-state index is 0.0852. The van der Waals surface area contributed by atoms with Gasteiger partial charge in [0.25, 0.3) is 0 Å². The highest BCUT2D eigenvalue weighted by atomic mass is 32.2. The minimum absolute atomic E-state index is 0.0852. The number of hydrogen-bond donors (Lipinski definition) is 0. The Morgan fingerprint density at radius 3 is 2.67 bits per heavy atom. The molecule has 1 aromatic carbocycles. The van der Waals surface area contributed by atoms with Gasteiger partial charge in [-0.2, -0.15) is 0 Å². The van der Waals surface area contributed by atoms with Gasteiger partial charge in [-0.3, -0.25) is 4.79 Å². The summed E-state index contributed by atoms with van der Waals surface area (Å²) in [7, 11) is 0. The first kappa shape index (κ1) is 17.6. The summed E-state index contributed by atoms with van der Waals surface area (Å²) in [6.45, 7) is 5.29. The molecule has 8 heteroatoms. The van der Waals surface area contributed by atoms with Crippen molar-refractivity contribution < 1.29 is 9.53 Å². The van der Waals surface area contributed by atoms with E-state index in [9.17, 15) is 4.79 Å². The summed E-state index contributed by atoms with van der Waals surface area (Å²) in [6.07, 6.45) is 0.170. The van der Waals surface area contributed by atoms with Crippen molar-refractivity contribution in [3.63, 3.8) is 0 Å². The molecule has 1 fully saturated rings. The van der Waals surface area contributed by atoms with Crippen LogP contribution in [0.4, 0.5) is 0 Å². The average Bonchev–Trinajstić information content (AvgIpc) is 2.93. The Morgan fingerprint density at radius 2 is 2.00 bits per heavy atom. The highest BCUT2D eigenvalue weighted by Gasteiger charge is 2.25. The quantitative estimate of drug-likeness (QED) is 0.600. The molecule has 5 nitrogen and oxygen atoms in total. The van der Waals surface area contributed by atoms with Crippen molar-refractivity contribution in [3.8, 4) is 5.69 Å². The van der Waals surface area contributed by atoms with E-state index in [1.807, 2.05) is 49.1 Å². The standard InChI is InChI=1S/C16H19N3O2S3/c1-11-8-18(9-12(2)21-11)14(20)10-23-15-17-19(16(22)24-15)13-6-4-3-5-7-13/h3-7,11-12H,8-10H2,1-2H3. The molecule has 2 atom stereocenters. The maximum atomic E-state index is 12.4. The molecule has 0 radical (unpaired) electrons. The van der Waals surface area contributed by atoms with E-state index in [1.165, 1.54) is 23.1 Å². The summed E-state index contributed by atoms with van der Waals surface area (Å²) in [5.74, 6) is 0.491. The fourth-order valence-corrected chi connectivity index (χ4v) is 4.91. The van der Waals surface area contributed by atoms with Crippen LogP contribution in [0.15, 0.2) is 34.7 Å². The van der Waals surface area contributed by atoms with Crippen molar-refractivity contribution in [2.75, 3.05) is 18.8 Å². The van der Waals surface area contributed by atoms with Crippen LogP contribution in [0.1, 0.15) is 13.8 Å². The fourth-order valence-electron chi connectivity index (χ4n) is 2.65. The number of para-hydroxylation sites is 1. The molecule has 0 aliphatic carbocycles. The van der Waals surface area contributed by atoms with Gasteiger partial charge in [0, 0.05) is 13.1 Å². The lowest BCUT2D eigenvalue weighted by Gasteiger charge is -2.35. The van der Waals surface area contributed by atoms with E-state index in [0.717, 1.165) is 10.0 Å². The van der Waals surface area contributed by atoms with Gasteiger partial charge in [0.05, 0.1) is 23.6 Å². The second-order valence-corrected chi connectivity index (χ2v) is 8.57. The lowest BCUT2D eigenvalue weighted by molar-refractivity contribution is -0.140. The van der Waals surface area contributed by atoms with Gasteiger partial charge >= 0.3 is 0 Å². The lowest BCUT2D eigenvalue weighted by Crippen LogP contribution is -2.48. The van der Waals surface area contributed by atoms with E-state index < -0.39 is 0 Å². The highest BCUT2D eigenvalue weighted by Crippen LogP contribution is 2.24. The van der Waals surface area contributed by atoms with Crippen LogP contribution in [0.5, 0.6) is 0 Å². The van der Waals surface area contributed by atoms with Crippen molar-refractivity contribution in [3.05, 3.63) is 34.3 Å². The van der Waals surface area contributed by atoms with Crippen LogP contribution in [0.2, 0.25) is 0 Å². The number of aromatic nitrogens is 2. The summed E-state index contributed by atoms with van der Waals surface area (Å²) >= 11 is 8.26. The van der Waals surface area contributed by atoms with E-state index >= 15 is 0 Å². The molecule has 2 aromatic rings. The summed E-state index contributed by atoms with van der Waals surface area (Å²) in [5.41, 5.74) is 0.938. The summed E-state index contributed by atoms with van der Waals surface area (Å²) in [5, 5.41) is 4.53. The number of benzene rings is 1. The number of carbonyl (C=O) groups is 1. The first-order valence-electron chi connectivity index (χ1n) is 7.74. The van der Waals surface area contributed by atoms with Gasteiger partial charge in [-0.05, 0) is 38.2 Å². The van der Waals surface area contributed by atoms with Crippen LogP contribution >= 0.6 is 35.3 Å². The van der Waals surface area contributed by atoms with Crippen molar-refractivity contribution in [1.29, 1.82) is 0 Å². The maximum absolute atomic E-state index is 12.4. The van der Waals surface area contributed by atoms with Gasteiger partial charge in [0.1, 0.15) is 0 Å². The number of ether oxygens (including phenoxy) is 1. The Labute approximate surface area is 154 Å². The van der Waals surface area contributed by atoms with Gasteiger partial charge in [-0.15, -0.1) is 5.10 Å². The summed E-state index contributed by atoms with van der Waals surface area (Å²) < 4.78 is 8.91. The highest BCUT2D eigenvalue weighted by molar-refractivity contribution is 8.01. The molecular formula is C16H19N3O2S3.